The van der Waals surface area contributed by atoms with Crippen LogP contribution in [0.1, 0.15) is 11.1 Å². The quantitative estimate of drug-likeness (QED) is 0.146. The fourth-order valence-corrected chi connectivity index (χ4v) is 5.59. The van der Waals surface area contributed by atoms with Crippen LogP contribution in [0.3, 0.4) is 0 Å². The Hall–Kier alpha value is -5.08. The molecule has 0 atom stereocenters. The number of amides is 2. The average Bonchev–Trinajstić information content (AvgIpc) is 3.04. The molecule has 0 aromatic heterocycles. The SMILES string of the molecule is COc1ccc(NC(=O)COc2ccc(/C=N\NC(=O)CN(c3ccc(Cl)c(C(F)(F)F)c3)S(=O)(=O)c3ccccc3)cc2)cc1. The van der Waals surface area contributed by atoms with Gasteiger partial charge in [-0.2, -0.15) is 18.3 Å². The summed E-state index contributed by atoms with van der Waals surface area (Å²) in [6.45, 7) is -1.14. The Bertz CT molecular complexity index is 1810. The molecule has 0 saturated carbocycles. The van der Waals surface area contributed by atoms with E-state index < -0.39 is 44.9 Å². The van der Waals surface area contributed by atoms with Gasteiger partial charge in [-0.3, -0.25) is 13.9 Å². The van der Waals surface area contributed by atoms with Crippen molar-refractivity contribution in [2.45, 2.75) is 11.1 Å². The van der Waals surface area contributed by atoms with E-state index in [0.29, 0.717) is 33.1 Å². The first kappa shape index (κ1) is 33.8. The summed E-state index contributed by atoms with van der Waals surface area (Å²) in [4.78, 5) is 24.7. The van der Waals surface area contributed by atoms with E-state index in [1.54, 1.807) is 54.6 Å². The summed E-state index contributed by atoms with van der Waals surface area (Å²) in [5.41, 5.74) is 1.58. The molecule has 0 bridgehead atoms. The van der Waals surface area contributed by atoms with Crippen molar-refractivity contribution in [2.75, 3.05) is 29.9 Å². The van der Waals surface area contributed by atoms with Crippen LogP contribution >= 0.6 is 11.6 Å². The lowest BCUT2D eigenvalue weighted by molar-refractivity contribution is -0.137. The Morgan fingerprint density at radius 3 is 2.20 bits per heavy atom. The van der Waals surface area contributed by atoms with Crippen LogP contribution in [0, 0.1) is 0 Å². The number of halogens is 4. The molecule has 0 fully saturated rings. The van der Waals surface area contributed by atoms with Gasteiger partial charge < -0.3 is 14.8 Å². The number of carbonyl (C=O) groups excluding carboxylic acids is 2. The summed E-state index contributed by atoms with van der Waals surface area (Å²) in [6.07, 6.45) is -3.61. The zero-order valence-electron chi connectivity index (χ0n) is 24.0. The highest BCUT2D eigenvalue weighted by molar-refractivity contribution is 7.92. The van der Waals surface area contributed by atoms with E-state index in [0.717, 1.165) is 12.1 Å². The van der Waals surface area contributed by atoms with E-state index >= 15 is 0 Å². The summed E-state index contributed by atoms with van der Waals surface area (Å²) in [5.74, 6) is -0.275. The largest absolute Gasteiger partial charge is 0.497 e. The number of methoxy groups -OCH3 is 1. The first-order valence-corrected chi connectivity index (χ1v) is 15.1. The van der Waals surface area contributed by atoms with Gasteiger partial charge >= 0.3 is 6.18 Å². The highest BCUT2D eigenvalue weighted by Crippen LogP contribution is 2.38. The fraction of sp³-hybridized carbons (Fsp3) is 0.129. The van der Waals surface area contributed by atoms with Crippen LogP contribution in [0.15, 0.2) is 107 Å². The van der Waals surface area contributed by atoms with Gasteiger partial charge in [0.05, 0.1) is 34.5 Å². The van der Waals surface area contributed by atoms with Gasteiger partial charge in [-0.1, -0.05) is 29.8 Å². The number of anilines is 2. The number of nitrogens with one attached hydrogen (secondary N) is 2. The van der Waals surface area contributed by atoms with Gasteiger partial charge in [-0.25, -0.2) is 13.8 Å². The first-order chi connectivity index (χ1) is 21.9. The van der Waals surface area contributed by atoms with E-state index in [1.165, 1.54) is 37.6 Å². The van der Waals surface area contributed by atoms with E-state index in [4.69, 9.17) is 21.1 Å². The minimum Gasteiger partial charge on any atom is -0.497 e. The summed E-state index contributed by atoms with van der Waals surface area (Å²) in [5, 5.41) is 5.88. The molecule has 2 amide bonds. The van der Waals surface area contributed by atoms with Crippen molar-refractivity contribution in [1.82, 2.24) is 5.43 Å². The standard InChI is InChI=1S/C31H26ClF3N4O6S/c1-44-24-14-9-22(10-15-24)37-30(41)20-45-25-12-7-21(8-13-25)18-36-38-29(40)19-39(46(42,43)26-5-3-2-4-6-26)23-11-16-28(32)27(17-23)31(33,34)35/h2-18H,19-20H2,1H3,(H,37,41)(H,38,40)/b36-18-. The minimum atomic E-state index is -4.87. The van der Waals surface area contributed by atoms with Crippen molar-refractivity contribution in [3.8, 4) is 11.5 Å². The summed E-state index contributed by atoms with van der Waals surface area (Å²) < 4.78 is 78.5. The topological polar surface area (TPSA) is 126 Å². The van der Waals surface area contributed by atoms with Crippen LogP contribution in [-0.4, -0.2) is 46.7 Å². The highest BCUT2D eigenvalue weighted by atomic mass is 35.5. The third-order valence-corrected chi connectivity index (χ3v) is 8.31. The molecule has 0 aliphatic heterocycles. The molecule has 0 spiro atoms. The van der Waals surface area contributed by atoms with Crippen molar-refractivity contribution < 1.29 is 40.7 Å². The van der Waals surface area contributed by atoms with Crippen LogP contribution in [0.5, 0.6) is 11.5 Å². The summed E-state index contributed by atoms with van der Waals surface area (Å²) >= 11 is 5.71. The third-order valence-electron chi connectivity index (χ3n) is 6.19. The molecule has 0 saturated heterocycles. The number of hydrogen-bond acceptors (Lipinski definition) is 7. The Kier molecular flexibility index (Phi) is 10.9. The van der Waals surface area contributed by atoms with Crippen LogP contribution in [0.2, 0.25) is 5.02 Å². The van der Waals surface area contributed by atoms with Gasteiger partial charge in [-0.15, -0.1) is 0 Å². The predicted molar refractivity (Wildman–Crippen MR) is 167 cm³/mol. The molecule has 4 aromatic rings. The number of sulfonamides is 1. The normalized spacial score (nSPS) is 11.6. The molecule has 4 rings (SSSR count). The molecule has 2 N–H and O–H groups in total. The lowest BCUT2D eigenvalue weighted by Crippen LogP contribution is -2.39. The van der Waals surface area contributed by atoms with Crippen LogP contribution < -0.4 is 24.5 Å². The number of hydrogen-bond donors (Lipinski definition) is 2. The lowest BCUT2D eigenvalue weighted by Gasteiger charge is -2.24. The first-order valence-electron chi connectivity index (χ1n) is 13.3. The smallest absolute Gasteiger partial charge is 0.417 e. The molecule has 4 aromatic carbocycles. The van der Waals surface area contributed by atoms with Crippen LogP contribution in [-0.2, 0) is 25.8 Å². The lowest BCUT2D eigenvalue weighted by atomic mass is 10.2. The van der Waals surface area contributed by atoms with Gasteiger partial charge in [0.1, 0.15) is 18.0 Å². The Balaban J connectivity index is 1.39. The number of rotatable bonds is 12. The monoisotopic (exact) mass is 674 g/mol. The molecular formula is C31H26ClF3N4O6S. The summed E-state index contributed by atoms with van der Waals surface area (Å²) in [7, 11) is -2.94. The van der Waals surface area contributed by atoms with Crippen LogP contribution in [0.25, 0.3) is 0 Å². The zero-order valence-corrected chi connectivity index (χ0v) is 25.6. The van der Waals surface area contributed by atoms with Gasteiger partial charge in [0.2, 0.25) is 0 Å². The van der Waals surface area contributed by atoms with E-state index in [1.807, 2.05) is 0 Å². The van der Waals surface area contributed by atoms with Gasteiger partial charge in [-0.05, 0) is 84.4 Å². The Labute approximate surface area is 267 Å². The maximum atomic E-state index is 13.5. The van der Waals surface area contributed by atoms with Crippen molar-refractivity contribution in [1.29, 1.82) is 0 Å². The van der Waals surface area contributed by atoms with Crippen molar-refractivity contribution in [2.24, 2.45) is 5.10 Å². The second-order valence-corrected chi connectivity index (χ2v) is 11.7. The molecule has 0 heterocycles. The molecule has 0 aliphatic carbocycles. The third kappa shape index (κ3) is 8.99. The van der Waals surface area contributed by atoms with Crippen LogP contribution in [0.4, 0.5) is 24.5 Å². The van der Waals surface area contributed by atoms with Crippen molar-refractivity contribution in [3.05, 3.63) is 113 Å². The number of carbonyl (C=O) groups is 2. The molecule has 10 nitrogen and oxygen atoms in total. The zero-order chi connectivity index (χ0) is 33.3. The van der Waals surface area contributed by atoms with E-state index in [-0.39, 0.29) is 17.4 Å². The average molecular weight is 675 g/mol. The number of hydrazone groups is 1. The van der Waals surface area contributed by atoms with E-state index in [2.05, 4.69) is 15.8 Å². The predicted octanol–water partition coefficient (Wildman–Crippen LogP) is 5.73. The second-order valence-electron chi connectivity index (χ2n) is 9.41. The molecular weight excluding hydrogens is 649 g/mol. The summed E-state index contributed by atoms with van der Waals surface area (Å²) in [6, 6.07) is 22.6. The highest BCUT2D eigenvalue weighted by Gasteiger charge is 2.35. The molecule has 46 heavy (non-hydrogen) atoms. The van der Waals surface area contributed by atoms with Gasteiger partial charge in [0.25, 0.3) is 21.8 Å². The molecule has 15 heteroatoms. The van der Waals surface area contributed by atoms with Gasteiger partial charge in [0, 0.05) is 5.69 Å². The number of ether oxygens (including phenoxy) is 2. The number of benzene rings is 4. The molecule has 0 aliphatic rings. The number of nitrogens with zero attached hydrogens (tertiary/aromatic N) is 2. The Morgan fingerprint density at radius 1 is 0.913 bits per heavy atom. The fourth-order valence-electron chi connectivity index (χ4n) is 3.94. The second kappa shape index (κ2) is 14.8. The molecule has 0 radical (unpaired) electrons. The maximum Gasteiger partial charge on any atom is 0.417 e. The van der Waals surface area contributed by atoms with Crippen molar-refractivity contribution in [3.63, 3.8) is 0 Å². The van der Waals surface area contributed by atoms with Crippen molar-refractivity contribution >= 4 is 51.0 Å². The van der Waals surface area contributed by atoms with E-state index in [9.17, 15) is 31.2 Å². The minimum absolute atomic E-state index is 0.240. The Morgan fingerprint density at radius 2 is 1.57 bits per heavy atom. The maximum absolute atomic E-state index is 13.5. The number of alkyl halides is 3. The molecule has 0 unspecified atom stereocenters. The molecule has 240 valence electrons. The van der Waals surface area contributed by atoms with Gasteiger partial charge in [0.15, 0.2) is 6.61 Å².